The van der Waals surface area contributed by atoms with Crippen LogP contribution in [0.3, 0.4) is 0 Å². The summed E-state index contributed by atoms with van der Waals surface area (Å²) in [6, 6.07) is 23.8. The van der Waals surface area contributed by atoms with Gasteiger partial charge < -0.3 is 9.88 Å². The minimum atomic E-state index is -0.543. The van der Waals surface area contributed by atoms with Crippen LogP contribution in [0.4, 0.5) is 10.1 Å². The normalized spacial score (nSPS) is 11.1. The van der Waals surface area contributed by atoms with Crippen LogP contribution in [0.25, 0.3) is 16.6 Å². The van der Waals surface area contributed by atoms with Gasteiger partial charge in [-0.25, -0.2) is 4.39 Å². The number of hydrogen-bond acceptors (Lipinski definition) is 4. The summed E-state index contributed by atoms with van der Waals surface area (Å²) in [6.07, 6.45) is 0. The number of nitrogens with one attached hydrogen (secondary N) is 1. The number of carbonyl (C=O) groups is 1. The molecule has 0 aliphatic carbocycles. The Hall–Kier alpha value is -4.33. The van der Waals surface area contributed by atoms with Crippen LogP contribution in [0, 0.1) is 12.7 Å². The molecular weight excluding hydrogens is 407 g/mol. The fourth-order valence-corrected chi connectivity index (χ4v) is 3.73. The molecule has 3 aromatic carbocycles. The summed E-state index contributed by atoms with van der Waals surface area (Å²) in [5.74, 6) is -0.392. The van der Waals surface area contributed by atoms with Gasteiger partial charge in [-0.15, -0.1) is 5.10 Å². The van der Waals surface area contributed by atoms with E-state index in [1.807, 2.05) is 65.2 Å². The Bertz CT molecular complexity index is 1420. The van der Waals surface area contributed by atoms with Gasteiger partial charge in [0, 0.05) is 17.4 Å². The maximum atomic E-state index is 14.6. The number of para-hydroxylation sites is 1. The fourth-order valence-electron chi connectivity index (χ4n) is 3.73. The number of aromatic nitrogens is 5. The SMILES string of the molecule is Cc1nnnn1-c1ccc(F)c(NC(=O)c2cc3ccccc3n2Cc2ccccc2)c1. The molecule has 0 bridgehead atoms. The molecule has 0 aliphatic rings. The molecule has 0 fully saturated rings. The average Bonchev–Trinajstić information content (AvgIpc) is 3.40. The highest BCUT2D eigenvalue weighted by atomic mass is 19.1. The third-order valence-corrected chi connectivity index (χ3v) is 5.29. The Kier molecular flexibility index (Phi) is 4.95. The van der Waals surface area contributed by atoms with Gasteiger partial charge >= 0.3 is 0 Å². The van der Waals surface area contributed by atoms with Crippen LogP contribution < -0.4 is 5.32 Å². The van der Waals surface area contributed by atoms with Crippen molar-refractivity contribution in [2.24, 2.45) is 0 Å². The van der Waals surface area contributed by atoms with Crippen LogP contribution in [0.1, 0.15) is 21.9 Å². The number of fused-ring (bicyclic) bond motifs is 1. The van der Waals surface area contributed by atoms with E-state index in [0.717, 1.165) is 16.5 Å². The first-order valence-corrected chi connectivity index (χ1v) is 10.1. The second-order valence-electron chi connectivity index (χ2n) is 7.42. The van der Waals surface area contributed by atoms with E-state index in [-0.39, 0.29) is 5.69 Å². The van der Waals surface area contributed by atoms with Gasteiger partial charge in [-0.3, -0.25) is 4.79 Å². The van der Waals surface area contributed by atoms with E-state index in [0.29, 0.717) is 23.8 Å². The lowest BCUT2D eigenvalue weighted by molar-refractivity contribution is 0.101. The van der Waals surface area contributed by atoms with Crippen LogP contribution in [0.2, 0.25) is 0 Å². The van der Waals surface area contributed by atoms with E-state index < -0.39 is 11.7 Å². The molecule has 0 saturated carbocycles. The molecule has 1 N–H and O–H groups in total. The lowest BCUT2D eigenvalue weighted by Crippen LogP contribution is -2.18. The molecule has 158 valence electrons. The Balaban J connectivity index is 1.52. The number of nitrogens with zero attached hydrogens (tertiary/aromatic N) is 5. The third-order valence-electron chi connectivity index (χ3n) is 5.29. The summed E-state index contributed by atoms with van der Waals surface area (Å²) in [6.45, 7) is 2.26. The van der Waals surface area contributed by atoms with Gasteiger partial charge in [0.05, 0.1) is 11.4 Å². The number of anilines is 1. The number of aryl methyl sites for hydroxylation is 1. The molecule has 32 heavy (non-hydrogen) atoms. The molecule has 8 heteroatoms. The molecular formula is C24H19FN6O. The highest BCUT2D eigenvalue weighted by Gasteiger charge is 2.18. The molecule has 0 spiro atoms. The predicted octanol–water partition coefficient (Wildman–Crippen LogP) is 4.37. The van der Waals surface area contributed by atoms with Crippen LogP contribution in [0.5, 0.6) is 0 Å². The van der Waals surface area contributed by atoms with Gasteiger partial charge in [-0.05, 0) is 53.2 Å². The number of tetrazole rings is 1. The lowest BCUT2D eigenvalue weighted by atomic mass is 10.2. The first-order valence-electron chi connectivity index (χ1n) is 10.1. The van der Waals surface area contributed by atoms with Crippen LogP contribution in [-0.4, -0.2) is 30.7 Å². The van der Waals surface area contributed by atoms with Crippen molar-refractivity contribution in [1.29, 1.82) is 0 Å². The van der Waals surface area contributed by atoms with Gasteiger partial charge in [0.15, 0.2) is 5.82 Å². The predicted molar refractivity (Wildman–Crippen MR) is 119 cm³/mol. The maximum absolute atomic E-state index is 14.6. The molecule has 0 unspecified atom stereocenters. The minimum Gasteiger partial charge on any atom is -0.332 e. The van der Waals surface area contributed by atoms with Crippen molar-refractivity contribution >= 4 is 22.5 Å². The zero-order valence-corrected chi connectivity index (χ0v) is 17.2. The van der Waals surface area contributed by atoms with Crippen molar-refractivity contribution in [1.82, 2.24) is 24.8 Å². The van der Waals surface area contributed by atoms with Crippen molar-refractivity contribution in [3.05, 3.63) is 102 Å². The first-order chi connectivity index (χ1) is 15.6. The molecule has 0 aliphatic heterocycles. The number of benzene rings is 3. The van der Waals surface area contributed by atoms with E-state index in [1.54, 1.807) is 13.0 Å². The monoisotopic (exact) mass is 426 g/mol. The van der Waals surface area contributed by atoms with Gasteiger partial charge in [-0.1, -0.05) is 48.5 Å². The second-order valence-corrected chi connectivity index (χ2v) is 7.42. The van der Waals surface area contributed by atoms with Crippen molar-refractivity contribution in [2.45, 2.75) is 13.5 Å². The highest BCUT2D eigenvalue weighted by Crippen LogP contribution is 2.24. The fraction of sp³-hybridized carbons (Fsp3) is 0.0833. The Morgan fingerprint density at radius 3 is 2.56 bits per heavy atom. The molecule has 0 radical (unpaired) electrons. The van der Waals surface area contributed by atoms with Crippen molar-refractivity contribution in [3.63, 3.8) is 0 Å². The molecule has 5 aromatic rings. The topological polar surface area (TPSA) is 77.6 Å². The number of rotatable bonds is 5. The van der Waals surface area contributed by atoms with Gasteiger partial charge in [0.25, 0.3) is 5.91 Å². The Morgan fingerprint density at radius 2 is 1.78 bits per heavy atom. The number of amides is 1. The highest BCUT2D eigenvalue weighted by molar-refractivity contribution is 6.06. The molecule has 5 rings (SSSR count). The molecule has 7 nitrogen and oxygen atoms in total. The lowest BCUT2D eigenvalue weighted by Gasteiger charge is -2.13. The molecule has 0 saturated heterocycles. The van der Waals surface area contributed by atoms with E-state index >= 15 is 0 Å². The van der Waals surface area contributed by atoms with Crippen LogP contribution in [-0.2, 0) is 6.54 Å². The minimum absolute atomic E-state index is 0.0546. The summed E-state index contributed by atoms with van der Waals surface area (Å²) in [5, 5.41) is 15.0. The zero-order chi connectivity index (χ0) is 22.1. The smallest absolute Gasteiger partial charge is 0.272 e. The third kappa shape index (κ3) is 3.62. The van der Waals surface area contributed by atoms with Gasteiger partial charge in [0.2, 0.25) is 0 Å². The molecule has 0 atom stereocenters. The van der Waals surface area contributed by atoms with E-state index in [2.05, 4.69) is 20.8 Å². The summed E-state index contributed by atoms with van der Waals surface area (Å²) in [4.78, 5) is 13.3. The largest absolute Gasteiger partial charge is 0.332 e. The molecule has 1 amide bonds. The summed E-state index contributed by atoms with van der Waals surface area (Å²) < 4.78 is 18.0. The average molecular weight is 426 g/mol. The van der Waals surface area contributed by atoms with Gasteiger partial charge in [-0.2, -0.15) is 4.68 Å². The summed E-state index contributed by atoms with van der Waals surface area (Å²) >= 11 is 0. The number of hydrogen-bond donors (Lipinski definition) is 1. The van der Waals surface area contributed by atoms with Crippen molar-refractivity contribution in [3.8, 4) is 5.69 Å². The zero-order valence-electron chi connectivity index (χ0n) is 17.2. The van der Waals surface area contributed by atoms with Gasteiger partial charge in [0.1, 0.15) is 11.5 Å². The van der Waals surface area contributed by atoms with Crippen LogP contribution >= 0.6 is 0 Å². The van der Waals surface area contributed by atoms with Crippen molar-refractivity contribution < 1.29 is 9.18 Å². The van der Waals surface area contributed by atoms with Crippen LogP contribution in [0.15, 0.2) is 78.9 Å². The quantitative estimate of drug-likeness (QED) is 0.453. The number of carbonyl (C=O) groups excluding carboxylic acids is 1. The van der Waals surface area contributed by atoms with E-state index in [1.165, 1.54) is 16.8 Å². The molecule has 2 heterocycles. The number of halogens is 1. The standard InChI is InChI=1S/C24H19FN6O/c1-16-27-28-29-31(16)19-11-12-20(25)21(14-19)26-24(32)23-13-18-9-5-6-10-22(18)30(23)15-17-7-3-2-4-8-17/h2-14H,15H2,1H3,(H,26,32). The Labute approximate surface area is 183 Å². The van der Waals surface area contributed by atoms with E-state index in [9.17, 15) is 9.18 Å². The first kappa shape index (κ1) is 19.6. The Morgan fingerprint density at radius 1 is 1.00 bits per heavy atom. The summed E-state index contributed by atoms with van der Waals surface area (Å²) in [7, 11) is 0. The van der Waals surface area contributed by atoms with Crippen molar-refractivity contribution in [2.75, 3.05) is 5.32 Å². The maximum Gasteiger partial charge on any atom is 0.272 e. The second kappa shape index (κ2) is 8.07. The molecule has 2 aromatic heterocycles. The summed E-state index contributed by atoms with van der Waals surface area (Å²) in [5.41, 5.74) is 3.04. The van der Waals surface area contributed by atoms with E-state index in [4.69, 9.17) is 0 Å².